The Kier molecular flexibility index (Phi) is 6.52. The van der Waals surface area contributed by atoms with Crippen molar-refractivity contribution in [3.8, 4) is 5.69 Å². The van der Waals surface area contributed by atoms with Gasteiger partial charge in [0.1, 0.15) is 11.9 Å². The molecule has 0 saturated carbocycles. The highest BCUT2D eigenvalue weighted by Crippen LogP contribution is 2.43. The number of benzene rings is 3. The first-order valence-corrected chi connectivity index (χ1v) is 12.2. The van der Waals surface area contributed by atoms with E-state index in [9.17, 15) is 22.8 Å². The fraction of sp³-hybridized carbons (Fsp3) is 0.207. The number of aromatic nitrogens is 2. The summed E-state index contributed by atoms with van der Waals surface area (Å²) in [5.74, 6) is -1.12. The molecule has 0 fully saturated rings. The minimum atomic E-state index is -4.60. The largest absolute Gasteiger partial charge is 0.416 e. The number of halogens is 3. The van der Waals surface area contributed by atoms with Gasteiger partial charge in [-0.1, -0.05) is 54.6 Å². The van der Waals surface area contributed by atoms with Gasteiger partial charge in [0, 0.05) is 23.6 Å². The van der Waals surface area contributed by atoms with Gasteiger partial charge in [0.15, 0.2) is 0 Å². The highest BCUT2D eigenvalue weighted by Gasteiger charge is 2.45. The molecule has 1 aliphatic heterocycles. The number of amides is 2. The molecule has 2 atom stereocenters. The van der Waals surface area contributed by atoms with Gasteiger partial charge in [-0.2, -0.15) is 18.3 Å². The summed E-state index contributed by atoms with van der Waals surface area (Å²) in [6, 6.07) is 21.8. The summed E-state index contributed by atoms with van der Waals surface area (Å²) in [4.78, 5) is 28.8. The van der Waals surface area contributed by atoms with Crippen molar-refractivity contribution in [1.82, 2.24) is 15.1 Å². The van der Waals surface area contributed by atoms with E-state index in [-0.39, 0.29) is 11.5 Å². The maximum Gasteiger partial charge on any atom is 0.416 e. The number of nitrogens with zero attached hydrogens (tertiary/aromatic N) is 3. The van der Waals surface area contributed by atoms with Gasteiger partial charge in [-0.05, 0) is 49.7 Å². The number of carbonyl (C=O) groups is 2. The fourth-order valence-corrected chi connectivity index (χ4v) is 5.01. The Balaban J connectivity index is 1.64. The SMILES string of the molecule is CCN1C(=O)[C@H](NC(=O)c2cccc(C(F)(F)F)c2)[C@H](c2ccccc2)c2c(C)nn(-c3ccccc3)c21. The van der Waals surface area contributed by atoms with Crippen LogP contribution in [-0.2, 0) is 11.0 Å². The number of likely N-dealkylation sites (N-methyl/N-ethyl adjacent to an activating group) is 1. The van der Waals surface area contributed by atoms with Crippen molar-refractivity contribution in [2.75, 3.05) is 11.4 Å². The molecule has 5 rings (SSSR count). The lowest BCUT2D eigenvalue weighted by molar-refractivity contribution is -0.137. The molecule has 38 heavy (non-hydrogen) atoms. The van der Waals surface area contributed by atoms with Crippen molar-refractivity contribution >= 4 is 17.6 Å². The molecule has 0 unspecified atom stereocenters. The Morgan fingerprint density at radius 2 is 1.63 bits per heavy atom. The topological polar surface area (TPSA) is 67.2 Å². The zero-order chi connectivity index (χ0) is 27.0. The van der Waals surface area contributed by atoms with Gasteiger partial charge in [-0.25, -0.2) is 4.68 Å². The molecule has 4 aromatic rings. The summed E-state index contributed by atoms with van der Waals surface area (Å²) in [7, 11) is 0. The lowest BCUT2D eigenvalue weighted by Crippen LogP contribution is -2.55. The molecule has 0 saturated heterocycles. The number of fused-ring (bicyclic) bond motifs is 1. The predicted octanol–water partition coefficient (Wildman–Crippen LogP) is 5.50. The number of nitrogens with one attached hydrogen (secondary N) is 1. The zero-order valence-electron chi connectivity index (χ0n) is 20.7. The minimum Gasteiger partial charge on any atom is -0.339 e. The number of alkyl halides is 3. The summed E-state index contributed by atoms with van der Waals surface area (Å²) in [6.45, 7) is 3.98. The van der Waals surface area contributed by atoms with Crippen LogP contribution < -0.4 is 10.2 Å². The van der Waals surface area contributed by atoms with Gasteiger partial charge < -0.3 is 5.32 Å². The summed E-state index contributed by atoms with van der Waals surface area (Å²) in [5.41, 5.74) is 1.91. The molecule has 0 bridgehead atoms. The molecule has 1 aromatic heterocycles. The van der Waals surface area contributed by atoms with Crippen molar-refractivity contribution in [3.63, 3.8) is 0 Å². The summed E-state index contributed by atoms with van der Waals surface area (Å²) >= 11 is 0. The van der Waals surface area contributed by atoms with Gasteiger partial charge in [0.05, 0.1) is 16.9 Å². The lowest BCUT2D eigenvalue weighted by Gasteiger charge is -2.38. The molecule has 9 heteroatoms. The predicted molar refractivity (Wildman–Crippen MR) is 137 cm³/mol. The molecule has 3 aromatic carbocycles. The molecule has 6 nitrogen and oxygen atoms in total. The zero-order valence-corrected chi connectivity index (χ0v) is 20.7. The molecule has 1 aliphatic rings. The monoisotopic (exact) mass is 518 g/mol. The van der Waals surface area contributed by atoms with Crippen molar-refractivity contribution in [3.05, 3.63) is 113 Å². The van der Waals surface area contributed by atoms with Crippen LogP contribution in [0.4, 0.5) is 19.0 Å². The summed E-state index contributed by atoms with van der Waals surface area (Å²) in [6.07, 6.45) is -4.60. The number of hydrogen-bond donors (Lipinski definition) is 1. The first kappa shape index (κ1) is 25.3. The Morgan fingerprint density at radius 3 is 2.26 bits per heavy atom. The van der Waals surface area contributed by atoms with Crippen LogP contribution in [0.3, 0.4) is 0 Å². The third-order valence-corrected chi connectivity index (χ3v) is 6.73. The molecule has 0 radical (unpaired) electrons. The number of hydrogen-bond acceptors (Lipinski definition) is 3. The molecule has 0 aliphatic carbocycles. The quantitative estimate of drug-likeness (QED) is 0.380. The average Bonchev–Trinajstić information content (AvgIpc) is 3.26. The van der Waals surface area contributed by atoms with E-state index in [0.29, 0.717) is 18.1 Å². The Hall–Kier alpha value is -4.40. The van der Waals surface area contributed by atoms with E-state index in [4.69, 9.17) is 5.10 Å². The lowest BCUT2D eigenvalue weighted by atomic mass is 9.81. The summed E-state index contributed by atoms with van der Waals surface area (Å²) < 4.78 is 41.6. The molecular weight excluding hydrogens is 493 g/mol. The van der Waals surface area contributed by atoms with E-state index in [1.807, 2.05) is 74.5 Å². The number of carbonyl (C=O) groups excluding carboxylic acids is 2. The second-order valence-electron chi connectivity index (χ2n) is 9.07. The molecule has 1 N–H and O–H groups in total. The van der Waals surface area contributed by atoms with E-state index in [1.54, 1.807) is 9.58 Å². The van der Waals surface area contributed by atoms with Crippen molar-refractivity contribution in [1.29, 1.82) is 0 Å². The maximum absolute atomic E-state index is 14.0. The third kappa shape index (κ3) is 4.44. The van der Waals surface area contributed by atoms with Gasteiger partial charge in [-0.15, -0.1) is 0 Å². The van der Waals surface area contributed by atoms with E-state index in [1.165, 1.54) is 12.1 Å². The number of para-hydroxylation sites is 1. The third-order valence-electron chi connectivity index (χ3n) is 6.73. The Labute approximate surface area is 217 Å². The van der Waals surface area contributed by atoms with Crippen LogP contribution in [0.5, 0.6) is 0 Å². The maximum atomic E-state index is 14.0. The van der Waals surface area contributed by atoms with Gasteiger partial charge in [0.2, 0.25) is 0 Å². The van der Waals surface area contributed by atoms with Crippen molar-refractivity contribution < 1.29 is 22.8 Å². The Bertz CT molecular complexity index is 1480. The number of anilines is 1. The minimum absolute atomic E-state index is 0.176. The Morgan fingerprint density at radius 1 is 0.974 bits per heavy atom. The van der Waals surface area contributed by atoms with E-state index < -0.39 is 29.6 Å². The smallest absolute Gasteiger partial charge is 0.339 e. The van der Waals surface area contributed by atoms with Crippen molar-refractivity contribution in [2.24, 2.45) is 0 Å². The van der Waals surface area contributed by atoms with Gasteiger partial charge in [0.25, 0.3) is 11.8 Å². The average molecular weight is 519 g/mol. The van der Waals surface area contributed by atoms with Crippen LogP contribution >= 0.6 is 0 Å². The van der Waals surface area contributed by atoms with Crippen LogP contribution in [0, 0.1) is 6.92 Å². The van der Waals surface area contributed by atoms with Crippen LogP contribution in [0.2, 0.25) is 0 Å². The standard InChI is InChI=1S/C29H25F3N4O2/c1-3-35-27-23(18(2)34-36(27)22-15-8-5-9-16-22)24(19-11-6-4-7-12-19)25(28(35)38)33-26(37)20-13-10-14-21(17-20)29(30,31)32/h4-17,24-25H,3H2,1-2H3,(H,33,37)/t24-,25-/m1/s1. The molecular formula is C29H25F3N4O2. The van der Waals surface area contributed by atoms with E-state index in [2.05, 4.69) is 5.32 Å². The van der Waals surface area contributed by atoms with Crippen LogP contribution in [-0.4, -0.2) is 34.2 Å². The highest BCUT2D eigenvalue weighted by molar-refractivity contribution is 6.05. The van der Waals surface area contributed by atoms with E-state index in [0.717, 1.165) is 28.9 Å². The van der Waals surface area contributed by atoms with E-state index >= 15 is 0 Å². The number of aryl methyl sites for hydroxylation is 1. The highest BCUT2D eigenvalue weighted by atomic mass is 19.4. The molecule has 194 valence electrons. The van der Waals surface area contributed by atoms with Crippen molar-refractivity contribution in [2.45, 2.75) is 32.0 Å². The second-order valence-corrected chi connectivity index (χ2v) is 9.07. The fourth-order valence-electron chi connectivity index (χ4n) is 5.01. The number of rotatable bonds is 5. The van der Waals surface area contributed by atoms with Gasteiger partial charge >= 0.3 is 6.18 Å². The molecule has 2 amide bonds. The van der Waals surface area contributed by atoms with Crippen LogP contribution in [0.25, 0.3) is 5.69 Å². The van der Waals surface area contributed by atoms with Crippen LogP contribution in [0.15, 0.2) is 84.9 Å². The first-order chi connectivity index (χ1) is 18.2. The van der Waals surface area contributed by atoms with Crippen LogP contribution in [0.1, 0.15) is 45.6 Å². The first-order valence-electron chi connectivity index (χ1n) is 12.2. The second kappa shape index (κ2) is 9.81. The van der Waals surface area contributed by atoms with Gasteiger partial charge in [-0.3, -0.25) is 14.5 Å². The molecule has 2 heterocycles. The summed E-state index contributed by atoms with van der Waals surface area (Å²) in [5, 5.41) is 7.53. The molecule has 0 spiro atoms. The normalized spacial score (nSPS) is 17.3.